The molecule has 1 nitrogen and oxygen atoms in total. The number of hydrogen-bond acceptors (Lipinski definition) is 1. The SMILES string of the molecule is ClC1(c2ccncc2)CC=CCC1. The third-order valence-electron chi connectivity index (χ3n) is 2.51. The van der Waals surface area contributed by atoms with Gasteiger partial charge in [0, 0.05) is 12.4 Å². The van der Waals surface area contributed by atoms with E-state index in [0.29, 0.717) is 0 Å². The highest BCUT2D eigenvalue weighted by atomic mass is 35.5. The van der Waals surface area contributed by atoms with E-state index in [9.17, 15) is 0 Å². The maximum absolute atomic E-state index is 6.52. The summed E-state index contributed by atoms with van der Waals surface area (Å²) in [6.45, 7) is 0. The lowest BCUT2D eigenvalue weighted by Crippen LogP contribution is -2.19. The van der Waals surface area contributed by atoms with Crippen LogP contribution in [0.15, 0.2) is 36.7 Å². The quantitative estimate of drug-likeness (QED) is 0.493. The Balaban J connectivity index is 2.29. The van der Waals surface area contributed by atoms with Crippen LogP contribution in [0, 0.1) is 0 Å². The fraction of sp³-hybridized carbons (Fsp3) is 0.364. The van der Waals surface area contributed by atoms with Crippen LogP contribution in [0.1, 0.15) is 24.8 Å². The van der Waals surface area contributed by atoms with E-state index < -0.39 is 0 Å². The topological polar surface area (TPSA) is 12.9 Å². The molecule has 0 saturated heterocycles. The fourth-order valence-electron chi connectivity index (χ4n) is 1.71. The van der Waals surface area contributed by atoms with Gasteiger partial charge >= 0.3 is 0 Å². The Morgan fingerprint density at radius 2 is 2.00 bits per heavy atom. The first kappa shape index (κ1) is 8.76. The zero-order valence-corrected chi connectivity index (χ0v) is 8.17. The van der Waals surface area contributed by atoms with Crippen molar-refractivity contribution < 1.29 is 0 Å². The Morgan fingerprint density at radius 1 is 1.23 bits per heavy atom. The van der Waals surface area contributed by atoms with Gasteiger partial charge in [-0.2, -0.15) is 0 Å². The molecule has 2 heteroatoms. The van der Waals surface area contributed by atoms with Crippen molar-refractivity contribution in [2.75, 3.05) is 0 Å². The van der Waals surface area contributed by atoms with Crippen LogP contribution in [-0.4, -0.2) is 4.98 Å². The molecule has 0 radical (unpaired) electrons. The van der Waals surface area contributed by atoms with E-state index in [-0.39, 0.29) is 4.87 Å². The number of hydrogen-bond donors (Lipinski definition) is 0. The van der Waals surface area contributed by atoms with Crippen LogP contribution in [0.3, 0.4) is 0 Å². The van der Waals surface area contributed by atoms with Crippen molar-refractivity contribution in [1.82, 2.24) is 4.98 Å². The largest absolute Gasteiger partial charge is 0.265 e. The summed E-state index contributed by atoms with van der Waals surface area (Å²) in [6, 6.07) is 4.01. The average Bonchev–Trinajstić information content (AvgIpc) is 2.20. The molecule has 1 unspecified atom stereocenters. The summed E-state index contributed by atoms with van der Waals surface area (Å²) in [6.07, 6.45) is 11.0. The minimum Gasteiger partial charge on any atom is -0.265 e. The molecule has 0 aromatic carbocycles. The first-order valence-electron chi connectivity index (χ1n) is 4.56. The molecule has 2 rings (SSSR count). The summed E-state index contributed by atoms with van der Waals surface area (Å²) in [5.41, 5.74) is 1.19. The number of aromatic nitrogens is 1. The second-order valence-electron chi connectivity index (χ2n) is 3.42. The Labute approximate surface area is 83.4 Å². The van der Waals surface area contributed by atoms with Gasteiger partial charge in [0.1, 0.15) is 0 Å². The van der Waals surface area contributed by atoms with E-state index in [1.165, 1.54) is 5.56 Å². The monoisotopic (exact) mass is 193 g/mol. The van der Waals surface area contributed by atoms with Gasteiger partial charge in [-0.05, 0) is 37.0 Å². The smallest absolute Gasteiger partial charge is 0.0733 e. The number of nitrogens with zero attached hydrogens (tertiary/aromatic N) is 1. The summed E-state index contributed by atoms with van der Waals surface area (Å²) in [4.78, 5) is 3.81. The van der Waals surface area contributed by atoms with E-state index in [1.807, 2.05) is 12.1 Å². The third kappa shape index (κ3) is 1.75. The van der Waals surface area contributed by atoms with Gasteiger partial charge in [-0.1, -0.05) is 12.2 Å². The highest BCUT2D eigenvalue weighted by Crippen LogP contribution is 2.39. The molecule has 0 saturated carbocycles. The second-order valence-corrected chi connectivity index (χ2v) is 4.14. The number of alkyl halides is 1. The van der Waals surface area contributed by atoms with Crippen LogP contribution in [0.5, 0.6) is 0 Å². The lowest BCUT2D eigenvalue weighted by atomic mass is 9.87. The zero-order valence-electron chi connectivity index (χ0n) is 7.41. The normalized spacial score (nSPS) is 27.5. The predicted octanol–water partition coefficient (Wildman–Crippen LogP) is 3.26. The van der Waals surface area contributed by atoms with Crippen molar-refractivity contribution in [3.05, 3.63) is 42.2 Å². The van der Waals surface area contributed by atoms with Crippen molar-refractivity contribution >= 4 is 11.6 Å². The Bertz CT molecular complexity index is 307. The minimum atomic E-state index is -0.183. The molecule has 1 aliphatic rings. The summed E-state index contributed by atoms with van der Waals surface area (Å²) < 4.78 is 0. The lowest BCUT2D eigenvalue weighted by Gasteiger charge is -2.28. The van der Waals surface area contributed by atoms with E-state index in [2.05, 4.69) is 17.1 Å². The van der Waals surface area contributed by atoms with Crippen LogP contribution in [0.2, 0.25) is 0 Å². The average molecular weight is 194 g/mol. The van der Waals surface area contributed by atoms with Gasteiger partial charge in [0.25, 0.3) is 0 Å². The molecule has 0 spiro atoms. The van der Waals surface area contributed by atoms with Crippen LogP contribution >= 0.6 is 11.6 Å². The molecule has 0 fully saturated rings. The number of pyridine rings is 1. The van der Waals surface area contributed by atoms with E-state index in [0.717, 1.165) is 19.3 Å². The van der Waals surface area contributed by atoms with E-state index in [1.54, 1.807) is 12.4 Å². The Morgan fingerprint density at radius 3 is 2.62 bits per heavy atom. The van der Waals surface area contributed by atoms with Crippen molar-refractivity contribution in [2.24, 2.45) is 0 Å². The number of rotatable bonds is 1. The number of halogens is 1. The zero-order chi connectivity index (χ0) is 9.15. The Kier molecular flexibility index (Phi) is 2.36. The van der Waals surface area contributed by atoms with Crippen LogP contribution in [-0.2, 0) is 4.87 Å². The predicted molar refractivity (Wildman–Crippen MR) is 54.8 cm³/mol. The summed E-state index contributed by atoms with van der Waals surface area (Å²) in [5.74, 6) is 0. The molecule has 0 amide bonds. The first-order chi connectivity index (χ1) is 6.31. The molecule has 13 heavy (non-hydrogen) atoms. The highest BCUT2D eigenvalue weighted by molar-refractivity contribution is 6.24. The molecule has 68 valence electrons. The molecule has 0 N–H and O–H groups in total. The van der Waals surface area contributed by atoms with E-state index >= 15 is 0 Å². The van der Waals surface area contributed by atoms with Crippen molar-refractivity contribution in [2.45, 2.75) is 24.1 Å². The van der Waals surface area contributed by atoms with Gasteiger partial charge in [0.05, 0.1) is 4.87 Å². The van der Waals surface area contributed by atoms with Crippen LogP contribution in [0.4, 0.5) is 0 Å². The highest BCUT2D eigenvalue weighted by Gasteiger charge is 2.28. The molecule has 1 atom stereocenters. The number of allylic oxidation sites excluding steroid dienone is 2. The maximum atomic E-state index is 6.52. The van der Waals surface area contributed by atoms with E-state index in [4.69, 9.17) is 11.6 Å². The third-order valence-corrected chi connectivity index (χ3v) is 3.07. The van der Waals surface area contributed by atoms with Gasteiger partial charge in [0.15, 0.2) is 0 Å². The van der Waals surface area contributed by atoms with Crippen molar-refractivity contribution in [1.29, 1.82) is 0 Å². The molecular formula is C11H12ClN. The Hall–Kier alpha value is -0.820. The molecular weight excluding hydrogens is 182 g/mol. The van der Waals surface area contributed by atoms with Gasteiger partial charge in [-0.3, -0.25) is 4.98 Å². The van der Waals surface area contributed by atoms with Crippen molar-refractivity contribution in [3.8, 4) is 0 Å². The standard InChI is InChI=1S/C11H12ClN/c12-11(6-2-1-3-7-11)10-4-8-13-9-5-10/h1-2,4-5,8-9H,3,6-7H2. The van der Waals surface area contributed by atoms with Gasteiger partial charge in [-0.25, -0.2) is 0 Å². The van der Waals surface area contributed by atoms with Crippen molar-refractivity contribution in [3.63, 3.8) is 0 Å². The summed E-state index contributed by atoms with van der Waals surface area (Å²) >= 11 is 6.52. The van der Waals surface area contributed by atoms with Gasteiger partial charge < -0.3 is 0 Å². The first-order valence-corrected chi connectivity index (χ1v) is 4.93. The van der Waals surface area contributed by atoms with Gasteiger partial charge in [-0.15, -0.1) is 11.6 Å². The van der Waals surface area contributed by atoms with Gasteiger partial charge in [0.2, 0.25) is 0 Å². The molecule has 0 aliphatic heterocycles. The summed E-state index contributed by atoms with van der Waals surface area (Å²) in [5, 5.41) is 0. The molecule has 1 aromatic rings. The molecule has 1 aliphatic carbocycles. The summed E-state index contributed by atoms with van der Waals surface area (Å²) in [7, 11) is 0. The minimum absolute atomic E-state index is 0.183. The van der Waals surface area contributed by atoms with Crippen LogP contribution in [0.25, 0.3) is 0 Å². The molecule has 0 bridgehead atoms. The van der Waals surface area contributed by atoms with Crippen LogP contribution < -0.4 is 0 Å². The fourth-order valence-corrected chi connectivity index (χ4v) is 2.04. The lowest BCUT2D eigenvalue weighted by molar-refractivity contribution is 0.547. The second kappa shape index (κ2) is 3.51. The maximum Gasteiger partial charge on any atom is 0.0733 e. The molecule has 1 heterocycles. The molecule has 1 aromatic heterocycles.